The van der Waals surface area contributed by atoms with Crippen molar-refractivity contribution in [3.8, 4) is 5.75 Å². The Balaban J connectivity index is 1.85. The molecule has 0 fully saturated rings. The van der Waals surface area contributed by atoms with Crippen molar-refractivity contribution in [3.05, 3.63) is 46.7 Å². The van der Waals surface area contributed by atoms with Gasteiger partial charge in [0.15, 0.2) is 0 Å². The third kappa shape index (κ3) is 3.57. The lowest BCUT2D eigenvalue weighted by Crippen LogP contribution is -2.08. The molecule has 0 saturated heterocycles. The summed E-state index contributed by atoms with van der Waals surface area (Å²) in [5, 5.41) is 4.15. The van der Waals surface area contributed by atoms with Crippen molar-refractivity contribution < 1.29 is 4.74 Å². The van der Waals surface area contributed by atoms with E-state index >= 15 is 0 Å². The van der Waals surface area contributed by atoms with Crippen molar-refractivity contribution in [1.29, 1.82) is 0 Å². The first-order valence-electron chi connectivity index (χ1n) is 5.37. The van der Waals surface area contributed by atoms with E-state index in [4.69, 9.17) is 10.5 Å². The molecule has 0 bridgehead atoms. The monoisotopic (exact) mass is 295 g/mol. The van der Waals surface area contributed by atoms with E-state index in [1.165, 1.54) is 0 Å². The zero-order valence-electron chi connectivity index (χ0n) is 9.34. The van der Waals surface area contributed by atoms with Gasteiger partial charge in [-0.15, -0.1) is 0 Å². The zero-order valence-corrected chi connectivity index (χ0v) is 10.9. The van der Waals surface area contributed by atoms with Gasteiger partial charge in [-0.1, -0.05) is 12.1 Å². The second-order valence-corrected chi connectivity index (χ2v) is 4.54. The molecule has 0 amide bonds. The molecule has 0 aliphatic heterocycles. The van der Waals surface area contributed by atoms with Crippen LogP contribution in [0.2, 0.25) is 0 Å². The number of hydrogen-bond acceptors (Lipinski definition) is 3. The lowest BCUT2D eigenvalue weighted by Gasteiger charge is -2.07. The van der Waals surface area contributed by atoms with Gasteiger partial charge in [0.05, 0.1) is 17.2 Å². The van der Waals surface area contributed by atoms with E-state index in [1.54, 1.807) is 6.20 Å². The van der Waals surface area contributed by atoms with Crippen LogP contribution in [-0.2, 0) is 13.1 Å². The molecule has 0 unspecified atom stereocenters. The molecule has 0 spiro atoms. The fourth-order valence-electron chi connectivity index (χ4n) is 1.48. The van der Waals surface area contributed by atoms with Crippen LogP contribution in [-0.4, -0.2) is 16.4 Å². The highest BCUT2D eigenvalue weighted by molar-refractivity contribution is 9.10. The topological polar surface area (TPSA) is 53.1 Å². The van der Waals surface area contributed by atoms with Gasteiger partial charge in [0.1, 0.15) is 12.4 Å². The molecular weight excluding hydrogens is 282 g/mol. The van der Waals surface area contributed by atoms with E-state index in [9.17, 15) is 0 Å². The molecule has 1 aromatic heterocycles. The van der Waals surface area contributed by atoms with Gasteiger partial charge in [-0.25, -0.2) is 0 Å². The number of rotatable bonds is 5. The van der Waals surface area contributed by atoms with Crippen LogP contribution in [0.1, 0.15) is 5.56 Å². The number of ether oxygens (including phenoxy) is 1. The minimum Gasteiger partial charge on any atom is -0.492 e. The molecule has 0 atom stereocenters. The highest BCUT2D eigenvalue weighted by atomic mass is 79.9. The summed E-state index contributed by atoms with van der Waals surface area (Å²) in [5.74, 6) is 0.846. The molecule has 2 N–H and O–H groups in total. The van der Waals surface area contributed by atoms with Gasteiger partial charge < -0.3 is 10.5 Å². The fraction of sp³-hybridized carbons (Fsp3) is 0.250. The standard InChI is InChI=1S/C12H14BrN3O/c13-11-8-15-16(9-11)4-5-17-12-3-1-2-10(6-12)7-14/h1-3,6,8-9H,4-5,7,14H2. The number of hydrogen-bond donors (Lipinski definition) is 1. The Hall–Kier alpha value is -1.33. The SMILES string of the molecule is NCc1cccc(OCCn2cc(Br)cn2)c1. The Morgan fingerprint density at radius 3 is 3.00 bits per heavy atom. The van der Waals surface area contributed by atoms with Gasteiger partial charge in [-0.05, 0) is 33.6 Å². The Bertz CT molecular complexity index is 484. The smallest absolute Gasteiger partial charge is 0.119 e. The number of halogens is 1. The van der Waals surface area contributed by atoms with Crippen LogP contribution in [0.3, 0.4) is 0 Å². The van der Waals surface area contributed by atoms with Crippen molar-refractivity contribution in [3.63, 3.8) is 0 Å². The largest absolute Gasteiger partial charge is 0.492 e. The summed E-state index contributed by atoms with van der Waals surface area (Å²) in [4.78, 5) is 0. The van der Waals surface area contributed by atoms with E-state index in [-0.39, 0.29) is 0 Å². The maximum atomic E-state index is 5.63. The first kappa shape index (κ1) is 12.1. The molecule has 2 aromatic rings. The van der Waals surface area contributed by atoms with Crippen LogP contribution in [0.4, 0.5) is 0 Å². The molecule has 0 aliphatic carbocycles. The van der Waals surface area contributed by atoms with Crippen LogP contribution in [0, 0.1) is 0 Å². The Kier molecular flexibility index (Phi) is 4.17. The highest BCUT2D eigenvalue weighted by Gasteiger charge is 1.97. The van der Waals surface area contributed by atoms with Crippen LogP contribution < -0.4 is 10.5 Å². The average Bonchev–Trinajstić information content (AvgIpc) is 2.75. The predicted molar refractivity (Wildman–Crippen MR) is 69.8 cm³/mol. The second-order valence-electron chi connectivity index (χ2n) is 3.62. The summed E-state index contributed by atoms with van der Waals surface area (Å²) in [6, 6.07) is 7.82. The van der Waals surface area contributed by atoms with Gasteiger partial charge in [0.25, 0.3) is 0 Å². The molecule has 17 heavy (non-hydrogen) atoms. The first-order valence-corrected chi connectivity index (χ1v) is 6.17. The molecule has 1 heterocycles. The molecule has 0 radical (unpaired) electrons. The molecule has 0 saturated carbocycles. The van der Waals surface area contributed by atoms with Crippen LogP contribution in [0.5, 0.6) is 5.75 Å². The Labute approximate surface area is 109 Å². The van der Waals surface area contributed by atoms with Crippen molar-refractivity contribution in [2.24, 2.45) is 5.73 Å². The fourth-order valence-corrected chi connectivity index (χ4v) is 1.81. The molecule has 4 nitrogen and oxygen atoms in total. The molecular formula is C12H14BrN3O. The van der Waals surface area contributed by atoms with Crippen molar-refractivity contribution in [1.82, 2.24) is 9.78 Å². The number of nitrogens with two attached hydrogens (primary N) is 1. The van der Waals surface area contributed by atoms with E-state index in [0.29, 0.717) is 13.2 Å². The lowest BCUT2D eigenvalue weighted by molar-refractivity contribution is 0.291. The second kappa shape index (κ2) is 5.84. The number of benzene rings is 1. The summed E-state index contributed by atoms with van der Waals surface area (Å²) >= 11 is 3.35. The number of nitrogens with zero attached hydrogens (tertiary/aromatic N) is 2. The van der Waals surface area contributed by atoms with Gasteiger partial charge in [-0.2, -0.15) is 5.10 Å². The first-order chi connectivity index (χ1) is 8.28. The van der Waals surface area contributed by atoms with Gasteiger partial charge in [-0.3, -0.25) is 4.68 Å². The predicted octanol–water partition coefficient (Wildman–Crippen LogP) is 2.18. The quantitative estimate of drug-likeness (QED) is 0.920. The lowest BCUT2D eigenvalue weighted by atomic mass is 10.2. The molecule has 1 aromatic carbocycles. The Morgan fingerprint density at radius 1 is 1.41 bits per heavy atom. The average molecular weight is 296 g/mol. The molecule has 90 valence electrons. The van der Waals surface area contributed by atoms with E-state index in [0.717, 1.165) is 22.3 Å². The summed E-state index contributed by atoms with van der Waals surface area (Å²) in [7, 11) is 0. The summed E-state index contributed by atoms with van der Waals surface area (Å²) in [6.45, 7) is 1.84. The third-order valence-corrected chi connectivity index (χ3v) is 2.73. The highest BCUT2D eigenvalue weighted by Crippen LogP contribution is 2.13. The summed E-state index contributed by atoms with van der Waals surface area (Å²) in [5.41, 5.74) is 6.64. The van der Waals surface area contributed by atoms with Gasteiger partial charge in [0.2, 0.25) is 0 Å². The van der Waals surface area contributed by atoms with Crippen LogP contribution >= 0.6 is 15.9 Å². The summed E-state index contributed by atoms with van der Waals surface area (Å²) < 4.78 is 8.43. The minimum absolute atomic E-state index is 0.531. The summed E-state index contributed by atoms with van der Waals surface area (Å²) in [6.07, 6.45) is 3.68. The normalized spacial score (nSPS) is 10.5. The van der Waals surface area contributed by atoms with Crippen molar-refractivity contribution >= 4 is 15.9 Å². The van der Waals surface area contributed by atoms with Crippen molar-refractivity contribution in [2.45, 2.75) is 13.1 Å². The third-order valence-electron chi connectivity index (χ3n) is 2.32. The van der Waals surface area contributed by atoms with E-state index in [2.05, 4.69) is 21.0 Å². The van der Waals surface area contributed by atoms with Gasteiger partial charge in [0, 0.05) is 12.7 Å². The Morgan fingerprint density at radius 2 is 2.29 bits per heavy atom. The van der Waals surface area contributed by atoms with E-state index < -0.39 is 0 Å². The maximum Gasteiger partial charge on any atom is 0.119 e. The molecule has 0 aliphatic rings. The van der Waals surface area contributed by atoms with Gasteiger partial charge >= 0.3 is 0 Å². The van der Waals surface area contributed by atoms with Crippen LogP contribution in [0.15, 0.2) is 41.1 Å². The van der Waals surface area contributed by atoms with Crippen LogP contribution in [0.25, 0.3) is 0 Å². The molecule has 2 rings (SSSR count). The molecule has 5 heteroatoms. The van der Waals surface area contributed by atoms with E-state index in [1.807, 2.05) is 35.1 Å². The number of aromatic nitrogens is 2. The maximum absolute atomic E-state index is 5.63. The van der Waals surface area contributed by atoms with Crippen molar-refractivity contribution in [2.75, 3.05) is 6.61 Å². The zero-order chi connectivity index (χ0) is 12.1. The minimum atomic E-state index is 0.531.